The van der Waals surface area contributed by atoms with E-state index in [-0.39, 0.29) is 0 Å². The summed E-state index contributed by atoms with van der Waals surface area (Å²) in [5, 5.41) is 1.28. The monoisotopic (exact) mass is 190 g/mol. The van der Waals surface area contributed by atoms with Crippen molar-refractivity contribution in [2.75, 3.05) is 0 Å². The summed E-state index contributed by atoms with van der Waals surface area (Å²) >= 11 is 1.27. The van der Waals surface area contributed by atoms with Crippen LogP contribution < -0.4 is 0 Å². The number of benzene rings is 1. The Bertz CT molecular complexity index is 238. The van der Waals surface area contributed by atoms with Crippen LogP contribution in [0.25, 0.3) is 0 Å². The Balaban J connectivity index is 2.67. The maximum absolute atomic E-state index is 2.32. The highest BCUT2D eigenvalue weighted by atomic mass is 27.0. The molecule has 0 nitrogen and oxygen atoms in total. The lowest BCUT2D eigenvalue weighted by Gasteiger charge is -2.10. The van der Waals surface area contributed by atoms with Gasteiger partial charge in [-0.3, -0.25) is 0 Å². The van der Waals surface area contributed by atoms with Crippen LogP contribution in [0.2, 0.25) is 0 Å². The van der Waals surface area contributed by atoms with Crippen LogP contribution in [0.3, 0.4) is 0 Å². The van der Waals surface area contributed by atoms with Gasteiger partial charge in [0.2, 0.25) is 16.3 Å². The smallest absolute Gasteiger partial charge is 0.0775 e. The minimum atomic E-state index is 0.730. The topological polar surface area (TPSA) is 0 Å². The van der Waals surface area contributed by atoms with E-state index < -0.39 is 0 Å². The van der Waals surface area contributed by atoms with Crippen molar-refractivity contribution in [3.8, 4) is 0 Å². The molecule has 0 N–H and O–H groups in total. The first-order chi connectivity index (χ1) is 6.27. The second kappa shape index (κ2) is 5.48. The van der Waals surface area contributed by atoms with Crippen LogP contribution in [-0.4, -0.2) is 16.3 Å². The van der Waals surface area contributed by atoms with Gasteiger partial charge in [-0.15, -0.1) is 0 Å². The van der Waals surface area contributed by atoms with E-state index in [1.54, 1.807) is 0 Å². The standard InChI is InChI=1S/C12H17.Al.2H/c1-4-5-11(3)12-8-6-10(2)7-9-12;;;/h6-9,11H,2,4-5H2,1,3H3;;;. The minimum absolute atomic E-state index is 0.730. The molecule has 1 rings (SSSR count). The van der Waals surface area contributed by atoms with Gasteiger partial charge in [-0.25, -0.2) is 0 Å². The van der Waals surface area contributed by atoms with Gasteiger partial charge in [0.1, 0.15) is 0 Å². The lowest BCUT2D eigenvalue weighted by Crippen LogP contribution is -1.93. The maximum atomic E-state index is 2.32. The SMILES string of the molecule is CCCC(C)c1ccc([CH2][AlH2])cc1. The molecule has 0 aliphatic carbocycles. The van der Waals surface area contributed by atoms with Crippen molar-refractivity contribution in [1.29, 1.82) is 0 Å². The van der Waals surface area contributed by atoms with Crippen molar-refractivity contribution in [3.05, 3.63) is 35.4 Å². The minimum Gasteiger partial charge on any atom is -0.0775 e. The summed E-state index contributed by atoms with van der Waals surface area (Å²) in [7, 11) is 0. The zero-order valence-electron chi connectivity index (χ0n) is 9.01. The third-order valence-corrected chi connectivity index (χ3v) is 3.50. The highest BCUT2D eigenvalue weighted by molar-refractivity contribution is 6.08. The molecule has 1 aromatic carbocycles. The average molecular weight is 190 g/mol. The number of hydrogen-bond donors (Lipinski definition) is 0. The predicted molar refractivity (Wildman–Crippen MR) is 62.0 cm³/mol. The Morgan fingerprint density at radius 3 is 2.31 bits per heavy atom. The maximum Gasteiger partial charge on any atom is 0.218 e. The third kappa shape index (κ3) is 3.18. The molecule has 1 heteroatoms. The van der Waals surface area contributed by atoms with Crippen LogP contribution in [0.1, 0.15) is 43.7 Å². The summed E-state index contributed by atoms with van der Waals surface area (Å²) in [4.78, 5) is 0. The molecule has 0 aliphatic heterocycles. The van der Waals surface area contributed by atoms with Crippen LogP contribution in [-0.2, 0) is 5.28 Å². The Labute approximate surface area is 89.8 Å². The largest absolute Gasteiger partial charge is 0.218 e. The Kier molecular flexibility index (Phi) is 4.56. The van der Waals surface area contributed by atoms with E-state index in [2.05, 4.69) is 38.1 Å². The lowest BCUT2D eigenvalue weighted by atomic mass is 9.96. The molecular formula is C12H19Al. The molecule has 0 bridgehead atoms. The van der Waals surface area contributed by atoms with Gasteiger partial charge < -0.3 is 0 Å². The number of hydrogen-bond acceptors (Lipinski definition) is 0. The first kappa shape index (κ1) is 10.8. The molecule has 0 saturated carbocycles. The fourth-order valence-corrected chi connectivity index (χ4v) is 2.15. The van der Waals surface area contributed by atoms with Gasteiger partial charge in [-0.05, 0) is 17.9 Å². The van der Waals surface area contributed by atoms with Crippen LogP contribution in [0, 0.1) is 0 Å². The Morgan fingerprint density at radius 1 is 1.23 bits per heavy atom. The van der Waals surface area contributed by atoms with Crippen molar-refractivity contribution in [2.45, 2.75) is 37.9 Å². The van der Waals surface area contributed by atoms with Crippen molar-refractivity contribution in [1.82, 2.24) is 0 Å². The molecule has 70 valence electrons. The summed E-state index contributed by atoms with van der Waals surface area (Å²) in [6.07, 6.45) is 2.59. The highest BCUT2D eigenvalue weighted by Crippen LogP contribution is 2.20. The van der Waals surface area contributed by atoms with Crippen LogP contribution >= 0.6 is 0 Å². The van der Waals surface area contributed by atoms with E-state index in [1.165, 1.54) is 45.5 Å². The van der Waals surface area contributed by atoms with E-state index in [1.807, 2.05) is 0 Å². The summed E-state index contributed by atoms with van der Waals surface area (Å²) in [5.74, 6) is 0.730. The van der Waals surface area contributed by atoms with Gasteiger partial charge in [0.05, 0.1) is 0 Å². The first-order valence-electron chi connectivity index (χ1n) is 5.36. The normalized spacial score (nSPS) is 12.8. The lowest BCUT2D eigenvalue weighted by molar-refractivity contribution is 0.665. The quantitative estimate of drug-likeness (QED) is 0.640. The molecule has 0 heterocycles. The Morgan fingerprint density at radius 2 is 1.85 bits per heavy atom. The summed E-state index contributed by atoms with van der Waals surface area (Å²) in [5.41, 5.74) is 3.00. The molecule has 0 fully saturated rings. The zero-order valence-corrected chi connectivity index (χ0v) is 11.0. The predicted octanol–water partition coefficient (Wildman–Crippen LogP) is 2.72. The van der Waals surface area contributed by atoms with Gasteiger partial charge in [-0.1, -0.05) is 55.4 Å². The summed E-state index contributed by atoms with van der Waals surface area (Å²) < 4.78 is 0. The van der Waals surface area contributed by atoms with Crippen LogP contribution in [0.4, 0.5) is 0 Å². The van der Waals surface area contributed by atoms with Gasteiger partial charge in [0, 0.05) is 0 Å². The molecule has 0 radical (unpaired) electrons. The molecule has 0 amide bonds. The second-order valence-corrected chi connectivity index (χ2v) is 4.49. The van der Waals surface area contributed by atoms with Crippen molar-refractivity contribution >= 4 is 16.3 Å². The zero-order chi connectivity index (χ0) is 9.68. The van der Waals surface area contributed by atoms with E-state index in [4.69, 9.17) is 0 Å². The molecule has 1 aromatic rings. The van der Waals surface area contributed by atoms with Crippen molar-refractivity contribution in [2.24, 2.45) is 0 Å². The molecule has 0 saturated heterocycles. The van der Waals surface area contributed by atoms with E-state index in [9.17, 15) is 0 Å². The molecule has 0 aliphatic rings. The van der Waals surface area contributed by atoms with Gasteiger partial charge >= 0.3 is 0 Å². The molecule has 0 aromatic heterocycles. The van der Waals surface area contributed by atoms with Gasteiger partial charge in [-0.2, -0.15) is 0 Å². The van der Waals surface area contributed by atoms with E-state index in [0.29, 0.717) is 0 Å². The van der Waals surface area contributed by atoms with E-state index >= 15 is 0 Å². The summed E-state index contributed by atoms with van der Waals surface area (Å²) in [6, 6.07) is 9.17. The van der Waals surface area contributed by atoms with Crippen LogP contribution in [0.5, 0.6) is 0 Å². The summed E-state index contributed by atoms with van der Waals surface area (Å²) in [6.45, 7) is 4.57. The van der Waals surface area contributed by atoms with E-state index in [0.717, 1.165) is 5.92 Å². The van der Waals surface area contributed by atoms with Crippen molar-refractivity contribution in [3.63, 3.8) is 0 Å². The molecule has 13 heavy (non-hydrogen) atoms. The Hall–Kier alpha value is -0.248. The second-order valence-electron chi connectivity index (χ2n) is 3.78. The highest BCUT2D eigenvalue weighted by Gasteiger charge is 2.02. The molecule has 1 atom stereocenters. The molecular weight excluding hydrogens is 171 g/mol. The van der Waals surface area contributed by atoms with Crippen LogP contribution in [0.15, 0.2) is 24.3 Å². The fraction of sp³-hybridized carbons (Fsp3) is 0.500. The molecule has 0 spiro atoms. The van der Waals surface area contributed by atoms with Gasteiger partial charge in [0.25, 0.3) is 0 Å². The average Bonchev–Trinajstić information content (AvgIpc) is 2.18. The first-order valence-corrected chi connectivity index (χ1v) is 6.78. The third-order valence-electron chi connectivity index (χ3n) is 2.68. The molecule has 1 unspecified atom stereocenters. The fourth-order valence-electron chi connectivity index (χ4n) is 1.68. The van der Waals surface area contributed by atoms with Crippen molar-refractivity contribution < 1.29 is 0 Å². The number of rotatable bonds is 4. The van der Waals surface area contributed by atoms with Gasteiger partial charge in [0.15, 0.2) is 0 Å².